The Morgan fingerprint density at radius 2 is 2.41 bits per heavy atom. The van der Waals surface area contributed by atoms with E-state index >= 15 is 0 Å². The van der Waals surface area contributed by atoms with Gasteiger partial charge in [0.1, 0.15) is 6.04 Å². The first-order chi connectivity index (χ1) is 8.17. The van der Waals surface area contributed by atoms with Crippen LogP contribution in [0.5, 0.6) is 0 Å². The first-order valence-electron chi connectivity index (χ1n) is 6.35. The molecule has 0 aromatic rings. The smallest absolute Gasteiger partial charge is 0.323 e. The number of nitrogens with zero attached hydrogens (tertiary/aromatic N) is 1. The van der Waals surface area contributed by atoms with Gasteiger partial charge in [0.15, 0.2) is 0 Å². The van der Waals surface area contributed by atoms with E-state index in [1.165, 1.54) is 0 Å². The molecule has 0 aromatic carbocycles. The van der Waals surface area contributed by atoms with E-state index in [9.17, 15) is 4.79 Å². The quantitative estimate of drug-likeness (QED) is 0.679. The van der Waals surface area contributed by atoms with E-state index in [4.69, 9.17) is 9.47 Å². The minimum Gasteiger partial charge on any atom is -0.465 e. The van der Waals surface area contributed by atoms with Gasteiger partial charge < -0.3 is 14.8 Å². The van der Waals surface area contributed by atoms with Gasteiger partial charge in [-0.1, -0.05) is 0 Å². The van der Waals surface area contributed by atoms with Gasteiger partial charge in [0.2, 0.25) is 0 Å². The summed E-state index contributed by atoms with van der Waals surface area (Å²) in [5.74, 6) is -0.156. The molecular formula is C12H24N2O3. The summed E-state index contributed by atoms with van der Waals surface area (Å²) in [7, 11) is 1.80. The monoisotopic (exact) mass is 244 g/mol. The molecule has 5 nitrogen and oxygen atoms in total. The van der Waals surface area contributed by atoms with Crippen LogP contribution < -0.4 is 5.32 Å². The van der Waals surface area contributed by atoms with Crippen LogP contribution in [0.2, 0.25) is 0 Å². The number of morpholine rings is 1. The highest BCUT2D eigenvalue weighted by molar-refractivity contribution is 5.75. The zero-order valence-corrected chi connectivity index (χ0v) is 11.1. The van der Waals surface area contributed by atoms with Crippen molar-refractivity contribution in [3.05, 3.63) is 0 Å². The maximum atomic E-state index is 11.6. The van der Waals surface area contributed by atoms with Crippen molar-refractivity contribution in [3.63, 3.8) is 0 Å². The van der Waals surface area contributed by atoms with Crippen molar-refractivity contribution in [1.29, 1.82) is 0 Å². The Morgan fingerprint density at radius 3 is 3.00 bits per heavy atom. The van der Waals surface area contributed by atoms with E-state index in [1.807, 2.05) is 6.92 Å². The SMILES string of the molecule is CCOC(=O)C(CCN1CCOC(C)C1)NC. The van der Waals surface area contributed by atoms with Crippen molar-refractivity contribution in [2.75, 3.05) is 39.9 Å². The van der Waals surface area contributed by atoms with Gasteiger partial charge in [0.25, 0.3) is 0 Å². The van der Waals surface area contributed by atoms with Crippen molar-refractivity contribution in [3.8, 4) is 0 Å². The molecule has 1 aliphatic rings. The molecule has 1 N–H and O–H groups in total. The van der Waals surface area contributed by atoms with E-state index in [2.05, 4.69) is 17.1 Å². The van der Waals surface area contributed by atoms with Gasteiger partial charge in [0, 0.05) is 19.6 Å². The van der Waals surface area contributed by atoms with Gasteiger partial charge in [-0.15, -0.1) is 0 Å². The zero-order chi connectivity index (χ0) is 12.7. The third kappa shape index (κ3) is 5.02. The van der Waals surface area contributed by atoms with E-state index in [0.717, 1.165) is 32.7 Å². The number of hydrogen-bond donors (Lipinski definition) is 1. The lowest BCUT2D eigenvalue weighted by molar-refractivity contribution is -0.145. The Labute approximate surface area is 103 Å². The molecule has 2 unspecified atom stereocenters. The minimum absolute atomic E-state index is 0.156. The van der Waals surface area contributed by atoms with Crippen LogP contribution in [0, 0.1) is 0 Å². The molecule has 0 aromatic heterocycles. The number of rotatable bonds is 6. The molecule has 1 heterocycles. The van der Waals surface area contributed by atoms with Gasteiger partial charge in [-0.3, -0.25) is 9.69 Å². The second-order valence-electron chi connectivity index (χ2n) is 4.36. The molecule has 17 heavy (non-hydrogen) atoms. The highest BCUT2D eigenvalue weighted by Gasteiger charge is 2.21. The third-order valence-electron chi connectivity index (χ3n) is 2.98. The number of hydrogen-bond acceptors (Lipinski definition) is 5. The zero-order valence-electron chi connectivity index (χ0n) is 11.1. The molecule has 1 aliphatic heterocycles. The molecule has 2 atom stereocenters. The molecule has 0 aliphatic carbocycles. The first kappa shape index (κ1) is 14.4. The van der Waals surface area contributed by atoms with Crippen molar-refractivity contribution < 1.29 is 14.3 Å². The van der Waals surface area contributed by atoms with Crippen LogP contribution in [0.25, 0.3) is 0 Å². The van der Waals surface area contributed by atoms with E-state index in [0.29, 0.717) is 12.7 Å². The second-order valence-corrected chi connectivity index (χ2v) is 4.36. The van der Waals surface area contributed by atoms with Gasteiger partial charge in [-0.2, -0.15) is 0 Å². The fourth-order valence-corrected chi connectivity index (χ4v) is 2.03. The fraction of sp³-hybridized carbons (Fsp3) is 0.917. The van der Waals surface area contributed by atoms with E-state index in [-0.39, 0.29) is 12.0 Å². The summed E-state index contributed by atoms with van der Waals surface area (Å²) in [4.78, 5) is 13.9. The van der Waals surface area contributed by atoms with Gasteiger partial charge in [-0.25, -0.2) is 0 Å². The molecule has 100 valence electrons. The summed E-state index contributed by atoms with van der Waals surface area (Å²) in [5.41, 5.74) is 0. The molecule has 0 radical (unpaired) electrons. The Kier molecular flexibility index (Phi) is 6.47. The predicted molar refractivity (Wildman–Crippen MR) is 66.0 cm³/mol. The van der Waals surface area contributed by atoms with Crippen molar-refractivity contribution in [2.45, 2.75) is 32.4 Å². The van der Waals surface area contributed by atoms with Gasteiger partial charge in [0.05, 0.1) is 19.3 Å². The largest absolute Gasteiger partial charge is 0.465 e. The predicted octanol–water partition coefficient (Wildman–Crippen LogP) is 0.248. The van der Waals surface area contributed by atoms with Crippen LogP contribution in [0.3, 0.4) is 0 Å². The second kappa shape index (κ2) is 7.63. The first-order valence-corrected chi connectivity index (χ1v) is 6.35. The standard InChI is InChI=1S/C12H24N2O3/c1-4-16-12(15)11(13-3)5-6-14-7-8-17-10(2)9-14/h10-11,13H,4-9H2,1-3H3. The number of esters is 1. The minimum atomic E-state index is -0.201. The van der Waals surface area contributed by atoms with Crippen LogP contribution in [0.1, 0.15) is 20.3 Å². The van der Waals surface area contributed by atoms with E-state index in [1.54, 1.807) is 7.05 Å². The fourth-order valence-electron chi connectivity index (χ4n) is 2.03. The van der Waals surface area contributed by atoms with Crippen LogP contribution in [-0.4, -0.2) is 62.9 Å². The summed E-state index contributed by atoms with van der Waals surface area (Å²) in [6, 6.07) is -0.201. The number of carbonyl (C=O) groups is 1. The van der Waals surface area contributed by atoms with Crippen molar-refractivity contribution in [2.24, 2.45) is 0 Å². The Morgan fingerprint density at radius 1 is 1.65 bits per heavy atom. The average molecular weight is 244 g/mol. The summed E-state index contributed by atoms with van der Waals surface area (Å²) in [5, 5.41) is 3.00. The number of ether oxygens (including phenoxy) is 2. The average Bonchev–Trinajstić information content (AvgIpc) is 2.30. The van der Waals surface area contributed by atoms with Crippen molar-refractivity contribution >= 4 is 5.97 Å². The molecule has 1 rings (SSSR count). The van der Waals surface area contributed by atoms with Crippen LogP contribution in [0.4, 0.5) is 0 Å². The van der Waals surface area contributed by atoms with Gasteiger partial charge >= 0.3 is 5.97 Å². The Bertz CT molecular complexity index is 236. The Hall–Kier alpha value is -0.650. The molecular weight excluding hydrogens is 220 g/mol. The lowest BCUT2D eigenvalue weighted by Crippen LogP contribution is -2.44. The highest BCUT2D eigenvalue weighted by atomic mass is 16.5. The summed E-state index contributed by atoms with van der Waals surface area (Å²) in [6.07, 6.45) is 1.07. The van der Waals surface area contributed by atoms with Crippen LogP contribution in [-0.2, 0) is 14.3 Å². The van der Waals surface area contributed by atoms with Crippen molar-refractivity contribution in [1.82, 2.24) is 10.2 Å². The molecule has 1 saturated heterocycles. The summed E-state index contributed by atoms with van der Waals surface area (Å²) < 4.78 is 10.5. The van der Waals surface area contributed by atoms with Gasteiger partial charge in [-0.05, 0) is 27.3 Å². The molecule has 0 amide bonds. The number of likely N-dealkylation sites (N-methyl/N-ethyl adjacent to an activating group) is 1. The lowest BCUT2D eigenvalue weighted by Gasteiger charge is -2.31. The topological polar surface area (TPSA) is 50.8 Å². The summed E-state index contributed by atoms with van der Waals surface area (Å²) in [6.45, 7) is 7.92. The normalized spacial score (nSPS) is 23.4. The molecule has 0 spiro atoms. The van der Waals surface area contributed by atoms with Crippen LogP contribution >= 0.6 is 0 Å². The molecule has 0 saturated carbocycles. The molecule has 0 bridgehead atoms. The highest BCUT2D eigenvalue weighted by Crippen LogP contribution is 2.06. The third-order valence-corrected chi connectivity index (χ3v) is 2.98. The molecule has 1 fully saturated rings. The number of carbonyl (C=O) groups excluding carboxylic acids is 1. The maximum Gasteiger partial charge on any atom is 0.323 e. The summed E-state index contributed by atoms with van der Waals surface area (Å²) >= 11 is 0. The van der Waals surface area contributed by atoms with Crippen LogP contribution in [0.15, 0.2) is 0 Å². The van der Waals surface area contributed by atoms with E-state index < -0.39 is 0 Å². The Balaban J connectivity index is 2.29. The maximum absolute atomic E-state index is 11.6. The molecule has 5 heteroatoms. The number of nitrogens with one attached hydrogen (secondary N) is 1. The lowest BCUT2D eigenvalue weighted by atomic mass is 10.2.